The molecule has 1 aliphatic carbocycles. The lowest BCUT2D eigenvalue weighted by atomic mass is 9.76. The number of rotatable bonds is 2. The van der Waals surface area contributed by atoms with Crippen LogP contribution in [0.1, 0.15) is 66.7 Å². The van der Waals surface area contributed by atoms with Gasteiger partial charge < -0.3 is 4.43 Å². The van der Waals surface area contributed by atoms with Gasteiger partial charge in [0, 0.05) is 11.8 Å². The number of carbonyl (C=O) groups excluding carboxylic acids is 1. The van der Waals surface area contributed by atoms with Gasteiger partial charge in [0.15, 0.2) is 8.32 Å². The summed E-state index contributed by atoms with van der Waals surface area (Å²) >= 11 is 0. The molecule has 19 heavy (non-hydrogen) atoms. The largest absolute Gasteiger partial charge is 0.413 e. The van der Waals surface area contributed by atoms with Crippen LogP contribution in [-0.4, -0.2) is 20.2 Å². The summed E-state index contributed by atoms with van der Waals surface area (Å²) in [7, 11) is -1.80. The molecule has 1 atom stereocenters. The second-order valence-electron chi connectivity index (χ2n) is 8.11. The standard InChI is InChI=1S/C16H32O2Si/c1-15(2,3)19(6,7)18-14-12-10-8-9-11-13(17)16(14,4)5/h14H,8-12H2,1-7H3. The Morgan fingerprint density at radius 2 is 1.74 bits per heavy atom. The van der Waals surface area contributed by atoms with Crippen LogP contribution >= 0.6 is 0 Å². The maximum atomic E-state index is 12.4. The van der Waals surface area contributed by atoms with Crippen molar-refractivity contribution in [1.82, 2.24) is 0 Å². The molecular weight excluding hydrogens is 252 g/mol. The summed E-state index contributed by atoms with van der Waals surface area (Å²) in [5.41, 5.74) is -0.323. The lowest BCUT2D eigenvalue weighted by Crippen LogP contribution is -2.50. The molecule has 0 aromatic heterocycles. The van der Waals surface area contributed by atoms with Crippen molar-refractivity contribution in [1.29, 1.82) is 0 Å². The van der Waals surface area contributed by atoms with Crippen molar-refractivity contribution < 1.29 is 9.22 Å². The highest BCUT2D eigenvalue weighted by molar-refractivity contribution is 6.74. The van der Waals surface area contributed by atoms with E-state index in [2.05, 4.69) is 47.7 Å². The number of Topliss-reactive ketones (excluding diaryl/α,β-unsaturated/α-hetero) is 1. The zero-order valence-electron chi connectivity index (χ0n) is 13.9. The van der Waals surface area contributed by atoms with E-state index in [1.165, 1.54) is 12.8 Å². The molecule has 0 saturated heterocycles. The van der Waals surface area contributed by atoms with Gasteiger partial charge in [-0.05, 0) is 31.0 Å². The third-order valence-electron chi connectivity index (χ3n) is 5.14. The van der Waals surface area contributed by atoms with Crippen molar-refractivity contribution in [2.24, 2.45) is 5.41 Å². The number of hydrogen-bond donors (Lipinski definition) is 0. The van der Waals surface area contributed by atoms with E-state index in [-0.39, 0.29) is 16.6 Å². The molecule has 2 nitrogen and oxygen atoms in total. The molecule has 1 rings (SSSR count). The van der Waals surface area contributed by atoms with E-state index in [4.69, 9.17) is 4.43 Å². The monoisotopic (exact) mass is 284 g/mol. The summed E-state index contributed by atoms with van der Waals surface area (Å²) in [5, 5.41) is 0.203. The number of hydrogen-bond acceptors (Lipinski definition) is 2. The Morgan fingerprint density at radius 1 is 1.16 bits per heavy atom. The average molecular weight is 285 g/mol. The first-order chi connectivity index (χ1) is 8.48. The van der Waals surface area contributed by atoms with E-state index in [1.807, 2.05) is 0 Å². The minimum Gasteiger partial charge on any atom is -0.413 e. The van der Waals surface area contributed by atoms with E-state index < -0.39 is 8.32 Å². The Hall–Kier alpha value is -0.153. The maximum Gasteiger partial charge on any atom is 0.192 e. The second-order valence-corrected chi connectivity index (χ2v) is 12.9. The molecule has 0 aromatic carbocycles. The first-order valence-corrected chi connectivity index (χ1v) is 10.6. The van der Waals surface area contributed by atoms with Gasteiger partial charge in [0.05, 0.1) is 6.10 Å². The fourth-order valence-corrected chi connectivity index (χ4v) is 3.87. The predicted octanol–water partition coefficient (Wildman–Crippen LogP) is 4.94. The van der Waals surface area contributed by atoms with Crippen molar-refractivity contribution in [3.8, 4) is 0 Å². The van der Waals surface area contributed by atoms with E-state index in [1.54, 1.807) is 0 Å². The van der Waals surface area contributed by atoms with E-state index >= 15 is 0 Å². The number of carbonyl (C=O) groups is 1. The van der Waals surface area contributed by atoms with Crippen LogP contribution in [0.3, 0.4) is 0 Å². The van der Waals surface area contributed by atoms with Crippen LogP contribution in [0.2, 0.25) is 18.1 Å². The number of ketones is 1. The van der Waals surface area contributed by atoms with Crippen molar-refractivity contribution in [3.05, 3.63) is 0 Å². The summed E-state index contributed by atoms with van der Waals surface area (Å²) in [4.78, 5) is 12.4. The van der Waals surface area contributed by atoms with Crippen molar-refractivity contribution in [3.63, 3.8) is 0 Å². The molecule has 1 fully saturated rings. The molecular formula is C16H32O2Si. The quantitative estimate of drug-likeness (QED) is 0.672. The minimum absolute atomic E-state index is 0.0983. The Morgan fingerprint density at radius 3 is 2.26 bits per heavy atom. The lowest BCUT2D eigenvalue weighted by molar-refractivity contribution is -0.133. The Bertz CT molecular complexity index is 326. The summed E-state index contributed by atoms with van der Waals surface area (Å²) in [6.45, 7) is 15.5. The van der Waals surface area contributed by atoms with Gasteiger partial charge in [0.2, 0.25) is 0 Å². The van der Waals surface area contributed by atoms with E-state index in [9.17, 15) is 4.79 Å². The lowest BCUT2D eigenvalue weighted by Gasteiger charge is -2.44. The third-order valence-corrected chi connectivity index (χ3v) is 9.62. The van der Waals surface area contributed by atoms with Crippen LogP contribution in [0, 0.1) is 5.41 Å². The highest BCUT2D eigenvalue weighted by Crippen LogP contribution is 2.42. The molecule has 0 aromatic rings. The van der Waals surface area contributed by atoms with Crippen molar-refractivity contribution in [2.75, 3.05) is 0 Å². The van der Waals surface area contributed by atoms with Gasteiger partial charge in [-0.25, -0.2) is 0 Å². The highest BCUT2D eigenvalue weighted by Gasteiger charge is 2.45. The van der Waals surface area contributed by atoms with Crippen LogP contribution in [0.15, 0.2) is 0 Å². The molecule has 0 aliphatic heterocycles. The van der Waals surface area contributed by atoms with Crippen LogP contribution < -0.4 is 0 Å². The topological polar surface area (TPSA) is 26.3 Å². The normalized spacial score (nSPS) is 25.8. The van der Waals surface area contributed by atoms with Crippen LogP contribution in [-0.2, 0) is 9.22 Å². The van der Waals surface area contributed by atoms with Crippen LogP contribution in [0.5, 0.6) is 0 Å². The van der Waals surface area contributed by atoms with Crippen molar-refractivity contribution >= 4 is 14.1 Å². The predicted molar refractivity (Wildman–Crippen MR) is 83.9 cm³/mol. The molecule has 0 heterocycles. The molecule has 1 aliphatic rings. The molecule has 0 N–H and O–H groups in total. The second kappa shape index (κ2) is 5.69. The maximum absolute atomic E-state index is 12.4. The molecule has 112 valence electrons. The molecule has 0 bridgehead atoms. The van der Waals surface area contributed by atoms with Gasteiger partial charge >= 0.3 is 0 Å². The molecule has 1 unspecified atom stereocenters. The van der Waals surface area contributed by atoms with Gasteiger partial charge in [0.25, 0.3) is 0 Å². The Balaban J connectivity index is 2.92. The molecule has 0 spiro atoms. The zero-order chi connectivity index (χ0) is 14.9. The van der Waals surface area contributed by atoms with Gasteiger partial charge in [-0.3, -0.25) is 4.79 Å². The summed E-state index contributed by atoms with van der Waals surface area (Å²) in [6.07, 6.45) is 5.26. The summed E-state index contributed by atoms with van der Waals surface area (Å²) in [5.74, 6) is 0.385. The van der Waals surface area contributed by atoms with Crippen LogP contribution in [0.4, 0.5) is 0 Å². The van der Waals surface area contributed by atoms with Gasteiger partial charge in [-0.2, -0.15) is 0 Å². The van der Waals surface area contributed by atoms with Gasteiger partial charge in [-0.1, -0.05) is 47.5 Å². The van der Waals surface area contributed by atoms with Crippen molar-refractivity contribution in [2.45, 2.75) is 91.0 Å². The molecule has 0 radical (unpaired) electrons. The fraction of sp³-hybridized carbons (Fsp3) is 0.938. The molecule has 1 saturated carbocycles. The molecule has 3 heteroatoms. The average Bonchev–Trinajstić information content (AvgIpc) is 2.23. The van der Waals surface area contributed by atoms with Gasteiger partial charge in [-0.15, -0.1) is 0 Å². The highest BCUT2D eigenvalue weighted by atomic mass is 28.4. The Labute approximate surface area is 120 Å². The third kappa shape index (κ3) is 3.91. The van der Waals surface area contributed by atoms with Crippen LogP contribution in [0.25, 0.3) is 0 Å². The smallest absolute Gasteiger partial charge is 0.192 e. The summed E-state index contributed by atoms with van der Waals surface area (Å²) < 4.78 is 6.58. The van der Waals surface area contributed by atoms with E-state index in [0.29, 0.717) is 5.78 Å². The first kappa shape index (κ1) is 16.9. The Kier molecular flexibility index (Phi) is 5.06. The van der Waals surface area contributed by atoms with E-state index in [0.717, 1.165) is 19.3 Å². The minimum atomic E-state index is -1.80. The van der Waals surface area contributed by atoms with Gasteiger partial charge in [0.1, 0.15) is 5.78 Å². The fourth-order valence-electron chi connectivity index (χ4n) is 2.39. The molecule has 0 amide bonds. The SMILES string of the molecule is CC1(C)C(=O)CCCCCC1O[Si](C)(C)C(C)(C)C. The summed E-state index contributed by atoms with van der Waals surface area (Å²) in [6, 6.07) is 0. The zero-order valence-corrected chi connectivity index (χ0v) is 14.9. The first-order valence-electron chi connectivity index (χ1n) is 7.69.